The minimum Gasteiger partial charge on any atom is -0.370 e. The normalized spacial score (nSPS) is 19.3. The molecule has 1 fully saturated rings. The lowest BCUT2D eigenvalue weighted by Crippen LogP contribution is -2.28. The summed E-state index contributed by atoms with van der Waals surface area (Å²) >= 11 is 0. The van der Waals surface area contributed by atoms with E-state index in [9.17, 15) is 4.79 Å². The van der Waals surface area contributed by atoms with Crippen LogP contribution in [-0.2, 0) is 16.0 Å². The number of rotatable bonds is 5. The molecular formula is C17H24O2. The number of benzene rings is 1. The third-order valence-corrected chi connectivity index (χ3v) is 4.01. The molecule has 0 heterocycles. The van der Waals surface area contributed by atoms with Crippen molar-refractivity contribution in [2.45, 2.75) is 52.1 Å². The first-order chi connectivity index (χ1) is 9.05. The van der Waals surface area contributed by atoms with E-state index in [0.717, 1.165) is 18.4 Å². The molecule has 0 N–H and O–H groups in total. The Morgan fingerprint density at radius 1 is 1.21 bits per heavy atom. The molecular weight excluding hydrogens is 236 g/mol. The van der Waals surface area contributed by atoms with E-state index in [1.165, 1.54) is 12.8 Å². The summed E-state index contributed by atoms with van der Waals surface area (Å²) in [5.41, 5.74) is 1.52. The Morgan fingerprint density at radius 3 is 2.47 bits per heavy atom. The fourth-order valence-corrected chi connectivity index (χ4v) is 2.62. The summed E-state index contributed by atoms with van der Waals surface area (Å²) in [5.74, 6) is 0.177. The number of carbonyl (C=O) groups excluding carboxylic acids is 1. The predicted molar refractivity (Wildman–Crippen MR) is 77.1 cm³/mol. The summed E-state index contributed by atoms with van der Waals surface area (Å²) in [7, 11) is 0. The summed E-state index contributed by atoms with van der Waals surface area (Å²) in [4.78, 5) is 11.9. The van der Waals surface area contributed by atoms with Crippen LogP contribution in [-0.4, -0.2) is 18.5 Å². The van der Waals surface area contributed by atoms with E-state index < -0.39 is 0 Å². The lowest BCUT2D eigenvalue weighted by molar-refractivity contribution is -0.126. The zero-order chi connectivity index (χ0) is 13.7. The molecule has 0 spiro atoms. The molecule has 1 aliphatic carbocycles. The van der Waals surface area contributed by atoms with Crippen LogP contribution in [0.5, 0.6) is 0 Å². The molecule has 1 aromatic carbocycles. The van der Waals surface area contributed by atoms with Gasteiger partial charge in [0.2, 0.25) is 0 Å². The Balaban J connectivity index is 1.70. The van der Waals surface area contributed by atoms with Crippen LogP contribution in [0.2, 0.25) is 0 Å². The van der Waals surface area contributed by atoms with Crippen molar-refractivity contribution in [1.29, 1.82) is 0 Å². The Morgan fingerprint density at radius 2 is 1.84 bits per heavy atom. The maximum atomic E-state index is 11.9. The standard InChI is InChI=1S/C17H24O2/c1-17(2)10-8-16(9-11-17)19-13-15(18)12-14-6-4-3-5-7-14/h3-7,16H,8-13H2,1-2H3. The van der Waals surface area contributed by atoms with Gasteiger partial charge in [-0.3, -0.25) is 4.79 Å². The number of hydrogen-bond acceptors (Lipinski definition) is 2. The number of carbonyl (C=O) groups is 1. The van der Waals surface area contributed by atoms with E-state index in [1.54, 1.807) is 0 Å². The van der Waals surface area contributed by atoms with Crippen molar-refractivity contribution >= 4 is 5.78 Å². The van der Waals surface area contributed by atoms with Crippen LogP contribution in [0.4, 0.5) is 0 Å². The molecule has 2 nitrogen and oxygen atoms in total. The molecule has 0 aromatic heterocycles. The van der Waals surface area contributed by atoms with E-state index in [2.05, 4.69) is 13.8 Å². The molecule has 1 aliphatic rings. The second-order valence-corrected chi connectivity index (χ2v) is 6.38. The van der Waals surface area contributed by atoms with Crippen LogP contribution in [0.25, 0.3) is 0 Å². The molecule has 19 heavy (non-hydrogen) atoms. The Hall–Kier alpha value is -1.15. The van der Waals surface area contributed by atoms with Gasteiger partial charge in [0.25, 0.3) is 0 Å². The minimum absolute atomic E-state index is 0.177. The second kappa shape index (κ2) is 6.33. The Kier molecular flexibility index (Phi) is 4.76. The van der Waals surface area contributed by atoms with Crippen molar-refractivity contribution in [1.82, 2.24) is 0 Å². The van der Waals surface area contributed by atoms with Crippen molar-refractivity contribution in [2.75, 3.05) is 6.61 Å². The van der Waals surface area contributed by atoms with Crippen LogP contribution >= 0.6 is 0 Å². The number of ketones is 1. The van der Waals surface area contributed by atoms with E-state index in [1.807, 2.05) is 30.3 Å². The van der Waals surface area contributed by atoms with Crippen molar-refractivity contribution < 1.29 is 9.53 Å². The minimum atomic E-state index is 0.177. The quantitative estimate of drug-likeness (QED) is 0.805. The molecule has 0 bridgehead atoms. The fraction of sp³-hybridized carbons (Fsp3) is 0.588. The molecule has 104 valence electrons. The van der Waals surface area contributed by atoms with E-state index in [4.69, 9.17) is 4.74 Å². The van der Waals surface area contributed by atoms with Crippen LogP contribution < -0.4 is 0 Å². The predicted octanol–water partition coefficient (Wildman–Crippen LogP) is 3.78. The maximum absolute atomic E-state index is 11.9. The summed E-state index contributed by atoms with van der Waals surface area (Å²) in [5, 5.41) is 0. The van der Waals surface area contributed by atoms with Crippen LogP contribution in [0.3, 0.4) is 0 Å². The molecule has 2 rings (SSSR count). The smallest absolute Gasteiger partial charge is 0.162 e. The van der Waals surface area contributed by atoms with Gasteiger partial charge >= 0.3 is 0 Å². The lowest BCUT2D eigenvalue weighted by Gasteiger charge is -2.34. The highest BCUT2D eigenvalue weighted by atomic mass is 16.5. The SMILES string of the molecule is CC1(C)CCC(OCC(=O)Cc2ccccc2)CC1. The summed E-state index contributed by atoms with van der Waals surface area (Å²) in [6.07, 6.45) is 5.35. The van der Waals surface area contributed by atoms with E-state index >= 15 is 0 Å². The fourth-order valence-electron chi connectivity index (χ4n) is 2.62. The van der Waals surface area contributed by atoms with Crippen molar-refractivity contribution in [2.24, 2.45) is 5.41 Å². The van der Waals surface area contributed by atoms with Gasteiger partial charge in [-0.15, -0.1) is 0 Å². The van der Waals surface area contributed by atoms with Gasteiger partial charge in [-0.1, -0.05) is 44.2 Å². The lowest BCUT2D eigenvalue weighted by atomic mass is 9.76. The van der Waals surface area contributed by atoms with Gasteiger partial charge in [-0.2, -0.15) is 0 Å². The first-order valence-corrected chi connectivity index (χ1v) is 7.22. The average Bonchev–Trinajstić information content (AvgIpc) is 2.39. The molecule has 1 saturated carbocycles. The Bertz CT molecular complexity index is 399. The van der Waals surface area contributed by atoms with Gasteiger partial charge in [0.1, 0.15) is 6.61 Å². The Labute approximate surface area is 116 Å². The molecule has 2 heteroatoms. The number of Topliss-reactive ketones (excluding diaryl/α,β-unsaturated/α-hetero) is 1. The summed E-state index contributed by atoms with van der Waals surface area (Å²) < 4.78 is 5.76. The van der Waals surface area contributed by atoms with Gasteiger partial charge in [0.05, 0.1) is 6.10 Å². The highest BCUT2D eigenvalue weighted by Crippen LogP contribution is 2.36. The largest absolute Gasteiger partial charge is 0.370 e. The molecule has 0 radical (unpaired) electrons. The van der Waals surface area contributed by atoms with Crippen molar-refractivity contribution in [3.8, 4) is 0 Å². The highest BCUT2D eigenvalue weighted by Gasteiger charge is 2.27. The average molecular weight is 260 g/mol. The molecule has 0 atom stereocenters. The van der Waals surface area contributed by atoms with E-state index in [-0.39, 0.29) is 18.5 Å². The van der Waals surface area contributed by atoms with Crippen molar-refractivity contribution in [3.63, 3.8) is 0 Å². The maximum Gasteiger partial charge on any atom is 0.162 e. The topological polar surface area (TPSA) is 26.3 Å². The molecule has 0 saturated heterocycles. The monoisotopic (exact) mass is 260 g/mol. The molecule has 0 unspecified atom stereocenters. The van der Waals surface area contributed by atoms with Gasteiger partial charge in [0, 0.05) is 6.42 Å². The zero-order valence-electron chi connectivity index (χ0n) is 12.0. The van der Waals surface area contributed by atoms with Gasteiger partial charge in [-0.25, -0.2) is 0 Å². The third kappa shape index (κ3) is 4.79. The van der Waals surface area contributed by atoms with Crippen LogP contribution in [0.1, 0.15) is 45.1 Å². The van der Waals surface area contributed by atoms with E-state index in [0.29, 0.717) is 11.8 Å². The van der Waals surface area contributed by atoms with Gasteiger partial charge < -0.3 is 4.74 Å². The molecule has 1 aromatic rings. The zero-order valence-corrected chi connectivity index (χ0v) is 12.0. The summed E-state index contributed by atoms with van der Waals surface area (Å²) in [6, 6.07) is 9.87. The highest BCUT2D eigenvalue weighted by molar-refractivity contribution is 5.82. The molecule has 0 amide bonds. The first kappa shape index (κ1) is 14.3. The number of hydrogen-bond donors (Lipinski definition) is 0. The third-order valence-electron chi connectivity index (χ3n) is 4.01. The summed E-state index contributed by atoms with van der Waals surface area (Å²) in [6.45, 7) is 4.88. The number of ether oxygens (including phenoxy) is 1. The second-order valence-electron chi connectivity index (χ2n) is 6.38. The molecule has 0 aliphatic heterocycles. The van der Waals surface area contributed by atoms with Crippen LogP contribution in [0, 0.1) is 5.41 Å². The van der Waals surface area contributed by atoms with Gasteiger partial charge in [-0.05, 0) is 36.7 Å². The first-order valence-electron chi connectivity index (χ1n) is 7.22. The van der Waals surface area contributed by atoms with Crippen LogP contribution in [0.15, 0.2) is 30.3 Å². The van der Waals surface area contributed by atoms with Gasteiger partial charge in [0.15, 0.2) is 5.78 Å². The van der Waals surface area contributed by atoms with Crippen molar-refractivity contribution in [3.05, 3.63) is 35.9 Å².